The smallest absolute Gasteiger partial charge is 0.336 e. The number of carbonyl (C=O) groups is 1. The molecule has 4 nitrogen and oxygen atoms in total. The van der Waals surface area contributed by atoms with Gasteiger partial charge in [-0.15, -0.1) is 0 Å². The normalized spacial score (nSPS) is 11.4. The monoisotopic (exact) mass is 194 g/mol. The molecule has 0 fully saturated rings. The standard InChI is InChI=1S/C10H14N2O2/c1-10(2,12)8-4-3-6(11)5-7(8)9(13)14/h3-5H,11-12H2,1-2H3,(H,13,14). The second kappa shape index (κ2) is 3.31. The van der Waals surface area contributed by atoms with Gasteiger partial charge in [0.1, 0.15) is 0 Å². The lowest BCUT2D eigenvalue weighted by Gasteiger charge is -2.21. The van der Waals surface area contributed by atoms with E-state index in [0.717, 1.165) is 0 Å². The minimum Gasteiger partial charge on any atom is -0.478 e. The highest BCUT2D eigenvalue weighted by Crippen LogP contribution is 2.23. The Morgan fingerprint density at radius 2 is 2.00 bits per heavy atom. The molecule has 0 amide bonds. The molecule has 1 rings (SSSR count). The van der Waals surface area contributed by atoms with E-state index >= 15 is 0 Å². The summed E-state index contributed by atoms with van der Waals surface area (Å²) >= 11 is 0. The molecule has 1 aromatic rings. The summed E-state index contributed by atoms with van der Waals surface area (Å²) in [6.45, 7) is 3.51. The van der Waals surface area contributed by atoms with Crippen LogP contribution in [0.4, 0.5) is 5.69 Å². The van der Waals surface area contributed by atoms with Gasteiger partial charge in [0.25, 0.3) is 0 Å². The molecular weight excluding hydrogens is 180 g/mol. The average molecular weight is 194 g/mol. The maximum Gasteiger partial charge on any atom is 0.336 e. The summed E-state index contributed by atoms with van der Waals surface area (Å²) in [5.41, 5.74) is 11.8. The molecule has 4 heteroatoms. The molecule has 14 heavy (non-hydrogen) atoms. The van der Waals surface area contributed by atoms with Gasteiger partial charge in [0.05, 0.1) is 5.56 Å². The second-order valence-electron chi connectivity index (χ2n) is 3.83. The van der Waals surface area contributed by atoms with Crippen molar-refractivity contribution in [2.75, 3.05) is 5.73 Å². The second-order valence-corrected chi connectivity index (χ2v) is 3.83. The third kappa shape index (κ3) is 2.03. The highest BCUT2D eigenvalue weighted by molar-refractivity contribution is 5.91. The van der Waals surface area contributed by atoms with Crippen molar-refractivity contribution in [2.24, 2.45) is 5.73 Å². The predicted octanol–water partition coefficient (Wildman–Crippen LogP) is 1.16. The van der Waals surface area contributed by atoms with Crippen molar-refractivity contribution >= 4 is 11.7 Å². The van der Waals surface area contributed by atoms with Crippen LogP contribution in [0.5, 0.6) is 0 Å². The van der Waals surface area contributed by atoms with Crippen LogP contribution in [-0.2, 0) is 5.54 Å². The Kier molecular flexibility index (Phi) is 2.49. The van der Waals surface area contributed by atoms with Crippen LogP contribution >= 0.6 is 0 Å². The van der Waals surface area contributed by atoms with E-state index in [1.165, 1.54) is 6.07 Å². The van der Waals surface area contributed by atoms with Gasteiger partial charge in [-0.1, -0.05) is 6.07 Å². The molecule has 0 aliphatic heterocycles. The number of nitrogens with two attached hydrogens (primary N) is 2. The van der Waals surface area contributed by atoms with E-state index in [1.54, 1.807) is 26.0 Å². The maximum atomic E-state index is 10.9. The van der Waals surface area contributed by atoms with Gasteiger partial charge in [-0.2, -0.15) is 0 Å². The first-order valence-corrected chi connectivity index (χ1v) is 4.24. The molecular formula is C10H14N2O2. The van der Waals surface area contributed by atoms with E-state index in [0.29, 0.717) is 11.3 Å². The molecule has 0 heterocycles. The first kappa shape index (κ1) is 10.5. The molecule has 0 saturated heterocycles. The molecule has 0 atom stereocenters. The van der Waals surface area contributed by atoms with E-state index in [1.807, 2.05) is 0 Å². The molecule has 0 bridgehead atoms. The van der Waals surface area contributed by atoms with Crippen LogP contribution in [0.1, 0.15) is 29.8 Å². The van der Waals surface area contributed by atoms with Gasteiger partial charge in [-0.3, -0.25) is 0 Å². The Bertz CT molecular complexity index is 367. The largest absolute Gasteiger partial charge is 0.478 e. The van der Waals surface area contributed by atoms with Crippen molar-refractivity contribution in [1.82, 2.24) is 0 Å². The van der Waals surface area contributed by atoms with E-state index in [2.05, 4.69) is 0 Å². The third-order valence-corrected chi connectivity index (χ3v) is 1.97. The number of hydrogen-bond donors (Lipinski definition) is 3. The Balaban J connectivity index is 3.37. The molecule has 0 unspecified atom stereocenters. The van der Waals surface area contributed by atoms with E-state index < -0.39 is 11.5 Å². The lowest BCUT2D eigenvalue weighted by molar-refractivity contribution is 0.0694. The van der Waals surface area contributed by atoms with Gasteiger partial charge in [-0.25, -0.2) is 4.79 Å². The first-order chi connectivity index (χ1) is 6.32. The Morgan fingerprint density at radius 3 is 2.43 bits per heavy atom. The minimum atomic E-state index is -1.01. The SMILES string of the molecule is CC(C)(N)c1ccc(N)cc1C(=O)O. The van der Waals surface area contributed by atoms with Gasteiger partial charge < -0.3 is 16.6 Å². The number of rotatable bonds is 2. The molecule has 5 N–H and O–H groups in total. The van der Waals surface area contributed by atoms with Gasteiger partial charge in [0, 0.05) is 11.2 Å². The number of aromatic carboxylic acids is 1. The highest BCUT2D eigenvalue weighted by atomic mass is 16.4. The average Bonchev–Trinajstić information content (AvgIpc) is 2.01. The number of anilines is 1. The Labute approximate surface area is 82.5 Å². The predicted molar refractivity (Wildman–Crippen MR) is 55.0 cm³/mol. The fourth-order valence-corrected chi connectivity index (χ4v) is 1.30. The van der Waals surface area contributed by atoms with Gasteiger partial charge in [0.2, 0.25) is 0 Å². The lowest BCUT2D eigenvalue weighted by Crippen LogP contribution is -2.31. The van der Waals surface area contributed by atoms with Crippen LogP contribution in [0, 0.1) is 0 Å². The summed E-state index contributed by atoms with van der Waals surface area (Å²) in [5, 5.41) is 8.94. The van der Waals surface area contributed by atoms with Crippen molar-refractivity contribution < 1.29 is 9.90 Å². The molecule has 0 saturated carbocycles. The number of carboxylic acids is 1. The summed E-state index contributed by atoms with van der Waals surface area (Å²) in [5.74, 6) is -1.01. The number of carboxylic acid groups (broad SMARTS) is 1. The van der Waals surface area contributed by atoms with Gasteiger partial charge in [0.15, 0.2) is 0 Å². The van der Waals surface area contributed by atoms with Crippen molar-refractivity contribution in [3.63, 3.8) is 0 Å². The molecule has 0 aliphatic rings. The molecule has 0 spiro atoms. The van der Waals surface area contributed by atoms with Crippen LogP contribution in [0.3, 0.4) is 0 Å². The zero-order valence-corrected chi connectivity index (χ0v) is 8.24. The topological polar surface area (TPSA) is 89.3 Å². The van der Waals surface area contributed by atoms with E-state index in [-0.39, 0.29) is 5.56 Å². The van der Waals surface area contributed by atoms with Crippen molar-refractivity contribution in [1.29, 1.82) is 0 Å². The zero-order valence-electron chi connectivity index (χ0n) is 8.24. The number of benzene rings is 1. The van der Waals surface area contributed by atoms with E-state index in [9.17, 15) is 4.79 Å². The Hall–Kier alpha value is -1.55. The molecule has 0 aliphatic carbocycles. The first-order valence-electron chi connectivity index (χ1n) is 4.24. The fourth-order valence-electron chi connectivity index (χ4n) is 1.30. The van der Waals surface area contributed by atoms with Crippen molar-refractivity contribution in [3.8, 4) is 0 Å². The third-order valence-electron chi connectivity index (χ3n) is 1.97. The number of nitrogen functional groups attached to an aromatic ring is 1. The quantitative estimate of drug-likeness (QED) is 0.616. The van der Waals surface area contributed by atoms with Gasteiger partial charge >= 0.3 is 5.97 Å². The summed E-state index contributed by atoms with van der Waals surface area (Å²) in [4.78, 5) is 10.9. The van der Waals surface area contributed by atoms with Crippen molar-refractivity contribution in [3.05, 3.63) is 29.3 Å². The van der Waals surface area contributed by atoms with E-state index in [4.69, 9.17) is 16.6 Å². The summed E-state index contributed by atoms with van der Waals surface area (Å²) in [6.07, 6.45) is 0. The van der Waals surface area contributed by atoms with Gasteiger partial charge in [-0.05, 0) is 31.5 Å². The number of hydrogen-bond acceptors (Lipinski definition) is 3. The van der Waals surface area contributed by atoms with Crippen LogP contribution < -0.4 is 11.5 Å². The summed E-state index contributed by atoms with van der Waals surface area (Å²) in [6, 6.07) is 4.72. The minimum absolute atomic E-state index is 0.164. The fraction of sp³-hybridized carbons (Fsp3) is 0.300. The van der Waals surface area contributed by atoms with Crippen LogP contribution in [0.2, 0.25) is 0 Å². The lowest BCUT2D eigenvalue weighted by atomic mass is 9.90. The van der Waals surface area contributed by atoms with Crippen LogP contribution in [0.15, 0.2) is 18.2 Å². The molecule has 76 valence electrons. The molecule has 0 radical (unpaired) electrons. The zero-order chi connectivity index (χ0) is 10.9. The highest BCUT2D eigenvalue weighted by Gasteiger charge is 2.21. The van der Waals surface area contributed by atoms with Crippen LogP contribution in [-0.4, -0.2) is 11.1 Å². The van der Waals surface area contributed by atoms with Crippen LogP contribution in [0.25, 0.3) is 0 Å². The van der Waals surface area contributed by atoms with Crippen molar-refractivity contribution in [2.45, 2.75) is 19.4 Å². The summed E-state index contributed by atoms with van der Waals surface area (Å²) in [7, 11) is 0. The molecule has 1 aromatic carbocycles. The Morgan fingerprint density at radius 1 is 1.43 bits per heavy atom. The maximum absolute atomic E-state index is 10.9. The molecule has 0 aromatic heterocycles. The summed E-state index contributed by atoms with van der Waals surface area (Å²) < 4.78 is 0.